The summed E-state index contributed by atoms with van der Waals surface area (Å²) in [6.45, 7) is 4.89. The first-order chi connectivity index (χ1) is 16.4. The topological polar surface area (TPSA) is 195 Å². The van der Waals surface area contributed by atoms with Gasteiger partial charge in [-0.3, -0.25) is 28.8 Å². The molecule has 1 rings (SSSR count). The van der Waals surface area contributed by atoms with Crippen molar-refractivity contribution in [1.82, 2.24) is 31.9 Å². The van der Waals surface area contributed by atoms with Crippen molar-refractivity contribution in [3.8, 4) is 0 Å². The predicted octanol–water partition coefficient (Wildman–Crippen LogP) is -2.49. The van der Waals surface area contributed by atoms with Crippen LogP contribution in [0.15, 0.2) is 0 Å². The van der Waals surface area contributed by atoms with Crippen LogP contribution in [-0.2, 0) is 28.8 Å². The van der Waals surface area contributed by atoms with E-state index in [0.717, 1.165) is 13.0 Å². The summed E-state index contributed by atoms with van der Waals surface area (Å²) in [7, 11) is 0. The van der Waals surface area contributed by atoms with Gasteiger partial charge in [0.05, 0.1) is 12.6 Å². The fourth-order valence-corrected chi connectivity index (χ4v) is 3.57. The Hall–Kier alpha value is -2.87. The molecule has 0 saturated carbocycles. The zero-order chi connectivity index (χ0) is 26.5. The Balaban J connectivity index is 2.57. The van der Waals surface area contributed by atoms with Crippen molar-refractivity contribution in [1.29, 1.82) is 0 Å². The van der Waals surface area contributed by atoms with Gasteiger partial charge in [-0.05, 0) is 38.6 Å². The molecule has 198 valence electrons. The number of thiol groups is 1. The highest BCUT2D eigenvalue weighted by molar-refractivity contribution is 7.80. The van der Waals surface area contributed by atoms with E-state index in [1.807, 2.05) is 13.8 Å². The van der Waals surface area contributed by atoms with E-state index in [-0.39, 0.29) is 23.6 Å². The summed E-state index contributed by atoms with van der Waals surface area (Å²) in [4.78, 5) is 72.1. The van der Waals surface area contributed by atoms with Crippen LogP contribution in [-0.4, -0.2) is 90.2 Å². The van der Waals surface area contributed by atoms with Gasteiger partial charge in [0.1, 0.15) is 24.7 Å². The van der Waals surface area contributed by atoms with Crippen LogP contribution in [0.25, 0.3) is 0 Å². The lowest BCUT2D eigenvalue weighted by molar-refractivity contribution is -0.138. The molecule has 0 unspecified atom stereocenters. The number of hydrogen-bond donors (Lipinski definition) is 8. The minimum atomic E-state index is -1.23. The minimum absolute atomic E-state index is 0.0879. The molecular weight excluding hydrogens is 480 g/mol. The molecule has 1 heterocycles. The number of carbonyl (C=O) groups is 6. The van der Waals surface area contributed by atoms with Gasteiger partial charge in [0, 0.05) is 5.75 Å². The van der Waals surface area contributed by atoms with Crippen LogP contribution in [0.1, 0.15) is 40.0 Å². The van der Waals surface area contributed by atoms with E-state index in [2.05, 4.69) is 44.5 Å². The number of carbonyl (C=O) groups excluding carboxylic acids is 5. The van der Waals surface area contributed by atoms with E-state index in [1.54, 1.807) is 0 Å². The maximum atomic E-state index is 12.6. The number of hydrogen-bond acceptors (Lipinski definition) is 8. The summed E-state index contributed by atoms with van der Waals surface area (Å²) in [5, 5.41) is 23.8. The van der Waals surface area contributed by atoms with Crippen molar-refractivity contribution >= 4 is 48.1 Å². The Morgan fingerprint density at radius 2 is 1.57 bits per heavy atom. The van der Waals surface area contributed by atoms with E-state index in [9.17, 15) is 28.8 Å². The minimum Gasteiger partial charge on any atom is -0.480 e. The van der Waals surface area contributed by atoms with Gasteiger partial charge in [0.2, 0.25) is 29.5 Å². The van der Waals surface area contributed by atoms with Crippen LogP contribution >= 0.6 is 12.6 Å². The number of carboxylic acids is 1. The third kappa shape index (κ3) is 11.4. The van der Waals surface area contributed by atoms with Gasteiger partial charge in [-0.2, -0.15) is 12.6 Å². The predicted molar refractivity (Wildman–Crippen MR) is 129 cm³/mol. The SMILES string of the molecule is CC(C)C[C@H](NC(=O)[C@@H]1CCCN1)C(=O)NCC(=O)N[C@@H](CS)C(=O)N[C@@H](C)C(=O)NCC(=O)O. The molecule has 13 nitrogen and oxygen atoms in total. The van der Waals surface area contributed by atoms with Gasteiger partial charge in [-0.1, -0.05) is 13.8 Å². The van der Waals surface area contributed by atoms with Crippen LogP contribution < -0.4 is 31.9 Å². The Bertz CT molecular complexity index is 788. The van der Waals surface area contributed by atoms with Crippen molar-refractivity contribution < 1.29 is 33.9 Å². The zero-order valence-electron chi connectivity index (χ0n) is 20.2. The van der Waals surface area contributed by atoms with Crippen LogP contribution in [0.4, 0.5) is 0 Å². The number of nitrogens with one attached hydrogen (secondary N) is 6. The van der Waals surface area contributed by atoms with E-state index in [0.29, 0.717) is 12.8 Å². The van der Waals surface area contributed by atoms with Crippen molar-refractivity contribution in [3.05, 3.63) is 0 Å². The molecule has 0 aromatic rings. The maximum Gasteiger partial charge on any atom is 0.322 e. The molecule has 0 aromatic carbocycles. The molecule has 35 heavy (non-hydrogen) atoms. The van der Waals surface area contributed by atoms with Crippen LogP contribution in [0.3, 0.4) is 0 Å². The molecule has 7 N–H and O–H groups in total. The third-order valence-electron chi connectivity index (χ3n) is 5.14. The van der Waals surface area contributed by atoms with Crippen LogP contribution in [0.5, 0.6) is 0 Å². The van der Waals surface area contributed by atoms with Gasteiger partial charge < -0.3 is 37.0 Å². The lowest BCUT2D eigenvalue weighted by Gasteiger charge is -2.22. The molecule has 4 atom stereocenters. The van der Waals surface area contributed by atoms with E-state index >= 15 is 0 Å². The zero-order valence-corrected chi connectivity index (χ0v) is 21.1. The molecule has 1 aliphatic heterocycles. The number of rotatable bonds is 14. The normalized spacial score (nSPS) is 17.6. The van der Waals surface area contributed by atoms with Gasteiger partial charge in [-0.15, -0.1) is 0 Å². The fraction of sp³-hybridized carbons (Fsp3) is 0.714. The molecular formula is C21H36N6O7S. The summed E-state index contributed by atoms with van der Waals surface area (Å²) < 4.78 is 0. The van der Waals surface area contributed by atoms with Crippen molar-refractivity contribution in [2.24, 2.45) is 5.92 Å². The van der Waals surface area contributed by atoms with Crippen LogP contribution in [0, 0.1) is 5.92 Å². The van der Waals surface area contributed by atoms with Gasteiger partial charge in [-0.25, -0.2) is 0 Å². The first-order valence-electron chi connectivity index (χ1n) is 11.5. The molecule has 1 fully saturated rings. The largest absolute Gasteiger partial charge is 0.480 e. The van der Waals surface area contributed by atoms with Crippen molar-refractivity contribution in [2.75, 3.05) is 25.4 Å². The highest BCUT2D eigenvalue weighted by Crippen LogP contribution is 2.09. The van der Waals surface area contributed by atoms with Crippen LogP contribution in [0.2, 0.25) is 0 Å². The summed E-state index contributed by atoms with van der Waals surface area (Å²) in [6, 6.07) is -3.30. The molecule has 0 bridgehead atoms. The number of amides is 5. The highest BCUT2D eigenvalue weighted by atomic mass is 32.1. The first kappa shape index (κ1) is 30.2. The number of carboxylic acid groups (broad SMARTS) is 1. The maximum absolute atomic E-state index is 12.6. The number of aliphatic carboxylic acids is 1. The van der Waals surface area contributed by atoms with Gasteiger partial charge in [0.25, 0.3) is 0 Å². The Morgan fingerprint density at radius 1 is 0.914 bits per heavy atom. The molecule has 1 aliphatic rings. The Labute approximate surface area is 209 Å². The highest BCUT2D eigenvalue weighted by Gasteiger charge is 2.28. The second-order valence-electron chi connectivity index (χ2n) is 8.70. The van der Waals surface area contributed by atoms with Crippen molar-refractivity contribution in [3.63, 3.8) is 0 Å². The van der Waals surface area contributed by atoms with E-state index in [4.69, 9.17) is 5.11 Å². The molecule has 5 amide bonds. The smallest absolute Gasteiger partial charge is 0.322 e. The molecule has 1 saturated heterocycles. The molecule has 0 aliphatic carbocycles. The van der Waals surface area contributed by atoms with Crippen molar-refractivity contribution in [2.45, 2.75) is 64.2 Å². The molecule has 0 aromatic heterocycles. The summed E-state index contributed by atoms with van der Waals surface area (Å²) in [5.41, 5.74) is 0. The van der Waals surface area contributed by atoms with Gasteiger partial charge >= 0.3 is 5.97 Å². The first-order valence-corrected chi connectivity index (χ1v) is 12.1. The summed E-state index contributed by atoms with van der Waals surface area (Å²) in [6.07, 6.45) is 1.96. The standard InChI is InChI=1S/C21H36N6O7S/c1-11(2)7-14(27-20(33)13-5-4-6-22-13)19(32)23-8-16(28)26-15(10-35)21(34)25-12(3)18(31)24-9-17(29)30/h11-15,22,35H,4-10H2,1-3H3,(H,23,32)(H,24,31)(H,25,34)(H,26,28)(H,27,33)(H,29,30)/t12-,13-,14-,15-/m0/s1. The van der Waals surface area contributed by atoms with E-state index in [1.165, 1.54) is 6.92 Å². The quantitative estimate of drug-likeness (QED) is 0.116. The summed E-state index contributed by atoms with van der Waals surface area (Å²) >= 11 is 4.04. The average molecular weight is 517 g/mol. The van der Waals surface area contributed by atoms with Gasteiger partial charge in [0.15, 0.2) is 0 Å². The monoisotopic (exact) mass is 516 g/mol. The Kier molecular flexibility index (Phi) is 13.1. The van der Waals surface area contributed by atoms with E-state index < -0.39 is 60.8 Å². The third-order valence-corrected chi connectivity index (χ3v) is 5.51. The lowest BCUT2D eigenvalue weighted by Crippen LogP contribution is -2.56. The lowest BCUT2D eigenvalue weighted by atomic mass is 10.0. The second kappa shape index (κ2) is 15.2. The average Bonchev–Trinajstić information content (AvgIpc) is 3.33. The molecule has 14 heteroatoms. The fourth-order valence-electron chi connectivity index (χ4n) is 3.31. The Morgan fingerprint density at radius 3 is 2.11 bits per heavy atom. The molecule has 0 radical (unpaired) electrons. The second-order valence-corrected chi connectivity index (χ2v) is 9.07. The molecule has 0 spiro atoms. The summed E-state index contributed by atoms with van der Waals surface area (Å²) in [5.74, 6) is -4.06.